The summed E-state index contributed by atoms with van der Waals surface area (Å²) in [6, 6.07) is 13.0. The lowest BCUT2D eigenvalue weighted by Gasteiger charge is -2.16. The van der Waals surface area contributed by atoms with Crippen molar-refractivity contribution < 1.29 is 18.3 Å². The van der Waals surface area contributed by atoms with Gasteiger partial charge in [0.2, 0.25) is 0 Å². The predicted octanol–water partition coefficient (Wildman–Crippen LogP) is 4.63. The summed E-state index contributed by atoms with van der Waals surface area (Å²) in [7, 11) is -3.32. The number of aromatic nitrogens is 2. The first-order chi connectivity index (χ1) is 14.8. The summed E-state index contributed by atoms with van der Waals surface area (Å²) in [5, 5.41) is 11.1. The lowest BCUT2D eigenvalue weighted by atomic mass is 9.99. The van der Waals surface area contributed by atoms with Gasteiger partial charge >= 0.3 is 0 Å². The number of hydrogen-bond donors (Lipinski definition) is 2. The number of fused-ring (bicyclic) bond motifs is 3. The Labute approximate surface area is 181 Å². The van der Waals surface area contributed by atoms with Crippen LogP contribution in [0, 0.1) is 6.92 Å². The van der Waals surface area contributed by atoms with E-state index in [9.17, 15) is 13.5 Å². The second-order valence-electron chi connectivity index (χ2n) is 7.77. The van der Waals surface area contributed by atoms with Gasteiger partial charge in [0.1, 0.15) is 11.4 Å². The Hall–Kier alpha value is -2.90. The number of H-pyrrole nitrogens is 1. The van der Waals surface area contributed by atoms with E-state index < -0.39 is 9.84 Å². The number of aliphatic hydroxyl groups is 1. The fraction of sp³-hybridized carbons (Fsp3) is 0.292. The van der Waals surface area contributed by atoms with Crippen LogP contribution in [0.4, 0.5) is 0 Å². The van der Waals surface area contributed by atoms with Crippen molar-refractivity contribution in [2.75, 3.05) is 12.4 Å². The number of pyridine rings is 1. The van der Waals surface area contributed by atoms with Crippen LogP contribution in [0.3, 0.4) is 0 Å². The largest absolute Gasteiger partial charge is 0.488 e. The van der Waals surface area contributed by atoms with Gasteiger partial charge in [-0.2, -0.15) is 0 Å². The smallest absolute Gasteiger partial charge is 0.178 e. The monoisotopic (exact) mass is 438 g/mol. The normalized spacial score (nSPS) is 13.0. The number of aliphatic hydroxyl groups excluding tert-OH is 1. The second-order valence-corrected chi connectivity index (χ2v) is 10.0. The number of nitrogens with zero attached hydrogens (tertiary/aromatic N) is 1. The summed E-state index contributed by atoms with van der Waals surface area (Å²) in [6.45, 7) is 5.60. The van der Waals surface area contributed by atoms with Crippen molar-refractivity contribution >= 4 is 31.8 Å². The van der Waals surface area contributed by atoms with Gasteiger partial charge in [-0.15, -0.1) is 0 Å². The number of ether oxygens (including phenoxy) is 1. The Morgan fingerprint density at radius 3 is 2.74 bits per heavy atom. The number of hydrogen-bond acceptors (Lipinski definition) is 5. The molecule has 0 amide bonds. The van der Waals surface area contributed by atoms with Gasteiger partial charge < -0.3 is 14.8 Å². The average molecular weight is 439 g/mol. The summed E-state index contributed by atoms with van der Waals surface area (Å²) in [5.74, 6) is 0.727. The molecule has 4 rings (SSSR count). The van der Waals surface area contributed by atoms with Gasteiger partial charge in [-0.25, -0.2) is 13.4 Å². The van der Waals surface area contributed by atoms with Crippen LogP contribution in [-0.2, 0) is 9.84 Å². The van der Waals surface area contributed by atoms with E-state index in [1.54, 1.807) is 31.3 Å². The third kappa shape index (κ3) is 4.03. The van der Waals surface area contributed by atoms with Crippen LogP contribution in [0.15, 0.2) is 53.6 Å². The highest BCUT2D eigenvalue weighted by Crippen LogP contribution is 2.39. The third-order valence-corrected chi connectivity index (χ3v) is 7.18. The van der Waals surface area contributed by atoms with E-state index in [1.807, 2.05) is 32.0 Å². The van der Waals surface area contributed by atoms with Crippen molar-refractivity contribution in [1.82, 2.24) is 9.97 Å². The molecular formula is C24H26N2O4S. The molecule has 7 heteroatoms. The maximum Gasteiger partial charge on any atom is 0.178 e. The molecule has 0 aliphatic heterocycles. The maximum absolute atomic E-state index is 12.4. The van der Waals surface area contributed by atoms with Crippen molar-refractivity contribution in [2.24, 2.45) is 0 Å². The molecule has 4 aromatic rings. The molecule has 2 heterocycles. The highest BCUT2D eigenvalue weighted by atomic mass is 32.2. The van der Waals surface area contributed by atoms with Gasteiger partial charge in [-0.1, -0.05) is 19.1 Å². The first-order valence-electron chi connectivity index (χ1n) is 10.4. The fourth-order valence-corrected chi connectivity index (χ4v) is 4.71. The van der Waals surface area contributed by atoms with Crippen LogP contribution in [-0.4, -0.2) is 42.0 Å². The Kier molecular flexibility index (Phi) is 5.73. The number of nitrogens with one attached hydrogen (secondary N) is 1. The molecule has 6 nitrogen and oxygen atoms in total. The molecule has 0 unspecified atom stereocenters. The van der Waals surface area contributed by atoms with Crippen molar-refractivity contribution in [3.8, 4) is 16.9 Å². The Morgan fingerprint density at radius 2 is 2.00 bits per heavy atom. The fourth-order valence-electron chi connectivity index (χ4n) is 3.79. The molecule has 162 valence electrons. The molecule has 31 heavy (non-hydrogen) atoms. The van der Waals surface area contributed by atoms with E-state index >= 15 is 0 Å². The second kappa shape index (κ2) is 8.32. The minimum Gasteiger partial charge on any atom is -0.488 e. The minimum atomic E-state index is -3.32. The molecule has 0 aliphatic rings. The summed E-state index contributed by atoms with van der Waals surface area (Å²) in [6.07, 6.45) is 2.18. The lowest BCUT2D eigenvalue weighted by Crippen LogP contribution is -2.13. The van der Waals surface area contributed by atoms with E-state index in [-0.39, 0.29) is 18.5 Å². The molecule has 1 atom stereocenters. The molecule has 0 saturated carbocycles. The van der Waals surface area contributed by atoms with Gasteiger partial charge in [0.05, 0.1) is 22.3 Å². The van der Waals surface area contributed by atoms with Crippen LogP contribution in [0.25, 0.3) is 33.1 Å². The number of aromatic amines is 1. The summed E-state index contributed by atoms with van der Waals surface area (Å²) >= 11 is 0. The zero-order valence-corrected chi connectivity index (χ0v) is 18.7. The Bertz CT molecular complexity index is 1360. The van der Waals surface area contributed by atoms with Gasteiger partial charge in [0, 0.05) is 30.0 Å². The zero-order chi connectivity index (χ0) is 22.2. The zero-order valence-electron chi connectivity index (χ0n) is 17.8. The van der Waals surface area contributed by atoms with E-state index in [2.05, 4.69) is 16.0 Å². The van der Waals surface area contributed by atoms with Crippen LogP contribution >= 0.6 is 0 Å². The minimum absolute atomic E-state index is 0.0501. The highest BCUT2D eigenvalue weighted by molar-refractivity contribution is 7.91. The summed E-state index contributed by atoms with van der Waals surface area (Å²) < 4.78 is 31.0. The average Bonchev–Trinajstić information content (AvgIpc) is 3.13. The number of sulfone groups is 1. The van der Waals surface area contributed by atoms with E-state index in [4.69, 9.17) is 4.74 Å². The van der Waals surface area contributed by atoms with Crippen molar-refractivity contribution in [2.45, 2.75) is 38.2 Å². The lowest BCUT2D eigenvalue weighted by molar-refractivity contribution is 0.170. The molecule has 0 fully saturated rings. The number of rotatable bonds is 7. The summed E-state index contributed by atoms with van der Waals surface area (Å²) in [5.41, 5.74) is 4.30. The van der Waals surface area contributed by atoms with Crippen LogP contribution in [0.2, 0.25) is 0 Å². The molecule has 0 radical (unpaired) electrons. The van der Waals surface area contributed by atoms with E-state index in [0.29, 0.717) is 17.1 Å². The van der Waals surface area contributed by atoms with Crippen LogP contribution in [0.5, 0.6) is 5.75 Å². The highest BCUT2D eigenvalue weighted by Gasteiger charge is 2.19. The molecule has 2 aromatic heterocycles. The van der Waals surface area contributed by atoms with Crippen molar-refractivity contribution in [3.05, 3.63) is 54.2 Å². The predicted molar refractivity (Wildman–Crippen MR) is 123 cm³/mol. The van der Waals surface area contributed by atoms with Gasteiger partial charge in [-0.3, -0.25) is 0 Å². The third-order valence-electron chi connectivity index (χ3n) is 5.45. The molecule has 2 N–H and O–H groups in total. The molecule has 2 aromatic carbocycles. The molecule has 0 bridgehead atoms. The molecule has 0 spiro atoms. The molecular weight excluding hydrogens is 412 g/mol. The number of aryl methyl sites for hydroxylation is 1. The first kappa shape index (κ1) is 21.3. The van der Waals surface area contributed by atoms with Gasteiger partial charge in [0.15, 0.2) is 9.84 Å². The standard InChI is InChI=1S/C24H26N2O4S/c1-4-31(28,29)18-7-5-6-17(13-18)19-8-9-21(30-16(3)10-11-27)23-22(19)20-12-15(2)14-25-24(20)26-23/h5-9,12-14,16,27H,4,10-11H2,1-3H3,(H,25,26)/t16-/m1/s1. The first-order valence-corrected chi connectivity index (χ1v) is 12.0. The quantitative estimate of drug-likeness (QED) is 0.439. The van der Waals surface area contributed by atoms with Crippen LogP contribution in [0.1, 0.15) is 25.8 Å². The van der Waals surface area contributed by atoms with E-state index in [0.717, 1.165) is 38.6 Å². The van der Waals surface area contributed by atoms with Gasteiger partial charge in [-0.05, 0) is 60.9 Å². The van der Waals surface area contributed by atoms with Crippen LogP contribution < -0.4 is 4.74 Å². The van der Waals surface area contributed by atoms with E-state index in [1.165, 1.54) is 0 Å². The molecule has 0 aliphatic carbocycles. The van der Waals surface area contributed by atoms with Crippen molar-refractivity contribution in [3.63, 3.8) is 0 Å². The Balaban J connectivity index is 1.98. The molecule has 0 saturated heterocycles. The number of benzene rings is 2. The topological polar surface area (TPSA) is 92.3 Å². The summed E-state index contributed by atoms with van der Waals surface area (Å²) in [4.78, 5) is 8.21. The van der Waals surface area contributed by atoms with Crippen molar-refractivity contribution in [1.29, 1.82) is 0 Å². The SMILES string of the molecule is CCS(=O)(=O)c1cccc(-c2ccc(O[C@H](C)CCO)c3[nH]c4ncc(C)cc4c23)c1. The maximum atomic E-state index is 12.4. The van der Waals surface area contributed by atoms with Gasteiger partial charge in [0.25, 0.3) is 0 Å². The Morgan fingerprint density at radius 1 is 1.19 bits per heavy atom.